The van der Waals surface area contributed by atoms with Gasteiger partial charge in [-0.2, -0.15) is 0 Å². The summed E-state index contributed by atoms with van der Waals surface area (Å²) >= 11 is 0. The normalized spacial score (nSPS) is 10.4. The first-order valence-electron chi connectivity index (χ1n) is 8.18. The van der Waals surface area contributed by atoms with Gasteiger partial charge in [-0.25, -0.2) is 0 Å². The van der Waals surface area contributed by atoms with E-state index in [0.717, 1.165) is 10.7 Å². The maximum Gasteiger partial charge on any atom is 0.345 e. The molecule has 0 unspecified atom stereocenters. The predicted molar refractivity (Wildman–Crippen MR) is 99.7 cm³/mol. The number of carbonyl (C=O) groups excluding carboxylic acids is 1. The van der Waals surface area contributed by atoms with Crippen molar-refractivity contribution in [2.45, 2.75) is 13.5 Å². The summed E-state index contributed by atoms with van der Waals surface area (Å²) in [5.41, 5.74) is 0.171. The van der Waals surface area contributed by atoms with E-state index in [0.29, 0.717) is 11.4 Å². The number of non-ortho nitro benzene ring substituents is 1. The Morgan fingerprint density at radius 1 is 1.17 bits per heavy atom. The highest BCUT2D eigenvalue weighted by Crippen LogP contribution is 2.29. The van der Waals surface area contributed by atoms with Gasteiger partial charge in [0.2, 0.25) is 0 Å². The van der Waals surface area contributed by atoms with E-state index in [-0.39, 0.29) is 22.9 Å². The van der Waals surface area contributed by atoms with Crippen LogP contribution in [0.4, 0.5) is 17.2 Å². The Kier molecular flexibility index (Phi) is 5.44. The summed E-state index contributed by atoms with van der Waals surface area (Å²) in [5, 5.41) is 28.6. The number of nitro benzene ring substituents is 1. The highest BCUT2D eigenvalue weighted by Gasteiger charge is 2.20. The summed E-state index contributed by atoms with van der Waals surface area (Å²) in [6.07, 6.45) is 2.97. The molecule has 0 saturated heterocycles. The first-order chi connectivity index (χ1) is 13.8. The molecule has 0 spiro atoms. The summed E-state index contributed by atoms with van der Waals surface area (Å²) in [7, 11) is 0. The van der Waals surface area contributed by atoms with Crippen molar-refractivity contribution in [3.8, 4) is 11.5 Å². The average molecular weight is 398 g/mol. The minimum absolute atomic E-state index is 0.0922. The molecule has 3 rings (SSSR count). The first kappa shape index (κ1) is 19.4. The Morgan fingerprint density at radius 2 is 1.97 bits per heavy atom. The summed E-state index contributed by atoms with van der Waals surface area (Å²) in [4.78, 5) is 37.1. The third-order valence-electron chi connectivity index (χ3n) is 3.62. The highest BCUT2D eigenvalue weighted by molar-refractivity contribution is 5.91. The maximum atomic E-state index is 12.3. The zero-order valence-corrected chi connectivity index (χ0v) is 15.0. The Labute approximate surface area is 163 Å². The fourth-order valence-corrected chi connectivity index (χ4v) is 2.50. The van der Waals surface area contributed by atoms with Crippen LogP contribution >= 0.6 is 0 Å². The molecule has 1 N–H and O–H groups in total. The fourth-order valence-electron chi connectivity index (χ4n) is 2.50. The maximum absolute atomic E-state index is 12.3. The number of benzene rings is 1. The molecule has 1 aromatic carbocycles. The predicted octanol–water partition coefficient (Wildman–Crippen LogP) is 2.83. The van der Waals surface area contributed by atoms with Gasteiger partial charge in [0.05, 0.1) is 34.6 Å². The van der Waals surface area contributed by atoms with Crippen LogP contribution in [0.15, 0.2) is 48.8 Å². The Bertz CT molecular complexity index is 1080. The van der Waals surface area contributed by atoms with E-state index >= 15 is 0 Å². The molecule has 0 saturated carbocycles. The van der Waals surface area contributed by atoms with Crippen LogP contribution < -0.4 is 10.1 Å². The SMILES string of the molecule is Cc1cc([N+](=O)[O-])n(CC(=O)Nc2cc(Oc3cccnc3)cc([N+](=O)[O-])c2)n1. The van der Waals surface area contributed by atoms with Crippen molar-refractivity contribution < 1.29 is 19.4 Å². The van der Waals surface area contributed by atoms with Gasteiger partial charge in [-0.3, -0.25) is 19.9 Å². The quantitative estimate of drug-likeness (QED) is 0.470. The molecule has 0 radical (unpaired) electrons. The van der Waals surface area contributed by atoms with Crippen molar-refractivity contribution >= 4 is 23.1 Å². The number of pyridine rings is 1. The lowest BCUT2D eigenvalue weighted by Gasteiger charge is -2.09. The molecule has 12 nitrogen and oxygen atoms in total. The van der Waals surface area contributed by atoms with Crippen LogP contribution in [0, 0.1) is 27.2 Å². The number of anilines is 1. The summed E-state index contributed by atoms with van der Waals surface area (Å²) in [5.74, 6) is -0.516. The fraction of sp³-hybridized carbons (Fsp3) is 0.118. The van der Waals surface area contributed by atoms with E-state index in [1.807, 2.05) is 0 Å². The zero-order valence-electron chi connectivity index (χ0n) is 15.0. The first-order valence-corrected chi connectivity index (χ1v) is 8.18. The summed E-state index contributed by atoms with van der Waals surface area (Å²) < 4.78 is 6.48. The molecule has 2 heterocycles. The number of rotatable bonds is 7. The molecule has 0 aliphatic carbocycles. The highest BCUT2D eigenvalue weighted by atomic mass is 16.6. The number of nitrogens with one attached hydrogen (secondary N) is 1. The van der Waals surface area contributed by atoms with Gasteiger partial charge < -0.3 is 20.2 Å². The molecule has 0 aliphatic rings. The third-order valence-corrected chi connectivity index (χ3v) is 3.62. The van der Waals surface area contributed by atoms with Crippen molar-refractivity contribution in [2.75, 3.05) is 5.32 Å². The molecule has 3 aromatic rings. The van der Waals surface area contributed by atoms with Crippen molar-refractivity contribution in [3.63, 3.8) is 0 Å². The van der Waals surface area contributed by atoms with Gasteiger partial charge in [0.1, 0.15) is 11.5 Å². The molecule has 1 amide bonds. The molecular formula is C17H14N6O6. The topological polar surface area (TPSA) is 155 Å². The van der Waals surface area contributed by atoms with Gasteiger partial charge in [0, 0.05) is 18.3 Å². The van der Waals surface area contributed by atoms with Gasteiger partial charge in [0.25, 0.3) is 11.6 Å². The lowest BCUT2D eigenvalue weighted by molar-refractivity contribution is -0.392. The second-order valence-corrected chi connectivity index (χ2v) is 5.87. The lowest BCUT2D eigenvalue weighted by atomic mass is 10.2. The van der Waals surface area contributed by atoms with E-state index < -0.39 is 22.3 Å². The van der Waals surface area contributed by atoms with Crippen LogP contribution in [0.1, 0.15) is 5.69 Å². The standard InChI is InChI=1S/C17H14N6O6/c1-11-5-17(23(27)28)21(20-11)10-16(24)19-12-6-13(22(25)26)8-15(7-12)29-14-3-2-4-18-9-14/h2-9H,10H2,1H3,(H,19,24). The van der Waals surface area contributed by atoms with E-state index in [1.54, 1.807) is 25.3 Å². The largest absolute Gasteiger partial charge is 0.455 e. The van der Waals surface area contributed by atoms with Gasteiger partial charge in [-0.15, -0.1) is 4.68 Å². The number of ether oxygens (including phenoxy) is 1. The van der Waals surface area contributed by atoms with Crippen LogP contribution in [-0.4, -0.2) is 30.5 Å². The molecular weight excluding hydrogens is 384 g/mol. The molecule has 148 valence electrons. The van der Waals surface area contributed by atoms with Gasteiger partial charge in [-0.05, 0) is 24.0 Å². The number of hydrogen-bond donors (Lipinski definition) is 1. The number of nitro groups is 2. The molecule has 29 heavy (non-hydrogen) atoms. The summed E-state index contributed by atoms with van der Waals surface area (Å²) in [6, 6.07) is 8.22. The molecule has 0 bridgehead atoms. The number of nitrogens with zero attached hydrogens (tertiary/aromatic N) is 5. The van der Waals surface area contributed by atoms with Crippen LogP contribution in [0.2, 0.25) is 0 Å². The van der Waals surface area contributed by atoms with Gasteiger partial charge >= 0.3 is 5.82 Å². The summed E-state index contributed by atoms with van der Waals surface area (Å²) in [6.45, 7) is 1.12. The molecule has 0 atom stereocenters. The average Bonchev–Trinajstić information content (AvgIpc) is 3.02. The smallest absolute Gasteiger partial charge is 0.345 e. The second kappa shape index (κ2) is 8.12. The van der Waals surface area contributed by atoms with E-state index in [2.05, 4.69) is 15.4 Å². The van der Waals surface area contributed by atoms with Crippen molar-refractivity contribution in [1.29, 1.82) is 0 Å². The minimum atomic E-state index is -0.652. The van der Waals surface area contributed by atoms with Gasteiger partial charge in [-0.1, -0.05) is 5.10 Å². The zero-order chi connectivity index (χ0) is 21.0. The van der Waals surface area contributed by atoms with Crippen molar-refractivity contribution in [3.05, 3.63) is 74.7 Å². The van der Waals surface area contributed by atoms with E-state index in [1.165, 1.54) is 24.4 Å². The molecule has 0 aliphatic heterocycles. The van der Waals surface area contributed by atoms with Crippen LogP contribution in [-0.2, 0) is 11.3 Å². The van der Waals surface area contributed by atoms with Crippen molar-refractivity contribution in [2.24, 2.45) is 0 Å². The Balaban J connectivity index is 1.81. The second-order valence-electron chi connectivity index (χ2n) is 5.87. The number of amides is 1. The van der Waals surface area contributed by atoms with Crippen LogP contribution in [0.25, 0.3) is 0 Å². The van der Waals surface area contributed by atoms with E-state index in [4.69, 9.17) is 4.74 Å². The van der Waals surface area contributed by atoms with E-state index in [9.17, 15) is 25.0 Å². The monoisotopic (exact) mass is 398 g/mol. The number of hydrogen-bond acceptors (Lipinski definition) is 8. The molecule has 2 aromatic heterocycles. The Hall–Kier alpha value is -4.35. The molecule has 12 heteroatoms. The van der Waals surface area contributed by atoms with Crippen LogP contribution in [0.3, 0.4) is 0 Å². The number of aryl methyl sites for hydroxylation is 1. The number of carbonyl (C=O) groups is 1. The Morgan fingerprint density at radius 3 is 2.62 bits per heavy atom. The lowest BCUT2D eigenvalue weighted by Crippen LogP contribution is -2.20. The van der Waals surface area contributed by atoms with Crippen LogP contribution in [0.5, 0.6) is 11.5 Å². The number of aromatic nitrogens is 3. The molecule has 0 fully saturated rings. The third kappa shape index (κ3) is 4.88. The van der Waals surface area contributed by atoms with Crippen molar-refractivity contribution in [1.82, 2.24) is 14.8 Å². The minimum Gasteiger partial charge on any atom is -0.455 e. The van der Waals surface area contributed by atoms with Gasteiger partial charge in [0.15, 0.2) is 6.54 Å².